The molecule has 150 valence electrons. The standard InChI is InChI=1S/C20H24FN3O4/c21-15-3-1-14(2-4-15)11-20(13-25)12-24(10-9-17(20)26)19(28)8-6-16-5-7-18(27)23-22-16/h1-5,7,17,25-26H,6,8-13H2,(H,23,27)/t17-,20-/m0/s1. The topological polar surface area (TPSA) is 107 Å². The van der Waals surface area contributed by atoms with Crippen LogP contribution in [0.25, 0.3) is 0 Å². The molecule has 1 aromatic carbocycles. The van der Waals surface area contributed by atoms with Crippen LogP contribution in [0.3, 0.4) is 0 Å². The van der Waals surface area contributed by atoms with Crippen molar-refractivity contribution in [1.29, 1.82) is 0 Å². The van der Waals surface area contributed by atoms with E-state index in [1.54, 1.807) is 23.1 Å². The number of aliphatic hydroxyl groups is 2. The molecule has 3 rings (SSSR count). The van der Waals surface area contributed by atoms with Gasteiger partial charge in [-0.25, -0.2) is 9.49 Å². The van der Waals surface area contributed by atoms with E-state index >= 15 is 0 Å². The summed E-state index contributed by atoms with van der Waals surface area (Å²) in [6, 6.07) is 8.89. The fourth-order valence-corrected chi connectivity index (χ4v) is 3.66. The summed E-state index contributed by atoms with van der Waals surface area (Å²) < 4.78 is 13.2. The van der Waals surface area contributed by atoms with Crippen molar-refractivity contribution in [3.05, 3.63) is 63.8 Å². The molecule has 28 heavy (non-hydrogen) atoms. The van der Waals surface area contributed by atoms with E-state index in [-0.39, 0.29) is 36.9 Å². The first-order valence-corrected chi connectivity index (χ1v) is 9.28. The van der Waals surface area contributed by atoms with E-state index < -0.39 is 11.5 Å². The Morgan fingerprint density at radius 3 is 2.68 bits per heavy atom. The van der Waals surface area contributed by atoms with Gasteiger partial charge in [0.15, 0.2) is 0 Å². The highest BCUT2D eigenvalue weighted by molar-refractivity contribution is 5.76. The number of amides is 1. The number of aromatic amines is 1. The molecular weight excluding hydrogens is 365 g/mol. The van der Waals surface area contributed by atoms with Gasteiger partial charge in [-0.3, -0.25) is 9.59 Å². The molecule has 0 unspecified atom stereocenters. The quantitative estimate of drug-likeness (QED) is 0.673. The fraction of sp³-hybridized carbons (Fsp3) is 0.450. The first-order chi connectivity index (χ1) is 13.4. The molecule has 7 nitrogen and oxygen atoms in total. The minimum atomic E-state index is -0.887. The van der Waals surface area contributed by atoms with Crippen molar-refractivity contribution >= 4 is 5.91 Å². The Hall–Kier alpha value is -2.58. The zero-order valence-electron chi connectivity index (χ0n) is 15.5. The summed E-state index contributed by atoms with van der Waals surface area (Å²) in [7, 11) is 0. The third kappa shape index (κ3) is 4.63. The lowest BCUT2D eigenvalue weighted by Crippen LogP contribution is -2.56. The van der Waals surface area contributed by atoms with E-state index in [1.807, 2.05) is 0 Å². The maximum absolute atomic E-state index is 13.2. The SMILES string of the molecule is O=C(CCc1ccc(=O)[nH]n1)N1CC[C@H](O)[C@@](CO)(Cc2ccc(F)cc2)C1. The monoisotopic (exact) mass is 389 g/mol. The maximum atomic E-state index is 13.2. The summed E-state index contributed by atoms with van der Waals surface area (Å²) in [5.41, 5.74) is 0.224. The molecule has 0 spiro atoms. The number of aryl methyl sites for hydroxylation is 1. The summed E-state index contributed by atoms with van der Waals surface area (Å²) >= 11 is 0. The smallest absolute Gasteiger partial charge is 0.264 e. The highest BCUT2D eigenvalue weighted by Crippen LogP contribution is 2.34. The van der Waals surface area contributed by atoms with Crippen molar-refractivity contribution in [2.45, 2.75) is 31.8 Å². The van der Waals surface area contributed by atoms with Gasteiger partial charge in [0, 0.05) is 37.4 Å². The maximum Gasteiger partial charge on any atom is 0.264 e. The van der Waals surface area contributed by atoms with E-state index in [0.29, 0.717) is 31.5 Å². The Morgan fingerprint density at radius 1 is 1.29 bits per heavy atom. The first-order valence-electron chi connectivity index (χ1n) is 9.28. The van der Waals surface area contributed by atoms with E-state index in [0.717, 1.165) is 5.56 Å². The normalized spacial score (nSPS) is 22.2. The number of H-pyrrole nitrogens is 1. The molecule has 2 heterocycles. The molecule has 1 amide bonds. The molecule has 3 N–H and O–H groups in total. The van der Waals surface area contributed by atoms with Crippen LogP contribution in [-0.4, -0.2) is 57.0 Å². The molecule has 2 aromatic rings. The summed E-state index contributed by atoms with van der Waals surface area (Å²) in [5, 5.41) is 26.8. The largest absolute Gasteiger partial charge is 0.396 e. The molecule has 0 bridgehead atoms. The van der Waals surface area contributed by atoms with Gasteiger partial charge < -0.3 is 15.1 Å². The summed E-state index contributed by atoms with van der Waals surface area (Å²) in [5.74, 6) is -0.449. The van der Waals surface area contributed by atoms with Gasteiger partial charge in [0.25, 0.3) is 5.56 Å². The second kappa shape index (κ2) is 8.62. The number of carbonyl (C=O) groups is 1. The van der Waals surface area contributed by atoms with Crippen molar-refractivity contribution < 1.29 is 19.4 Å². The van der Waals surface area contributed by atoms with Gasteiger partial charge in [-0.1, -0.05) is 12.1 Å². The van der Waals surface area contributed by atoms with Crippen molar-refractivity contribution in [2.75, 3.05) is 19.7 Å². The summed E-state index contributed by atoms with van der Waals surface area (Å²) in [4.78, 5) is 25.4. The number of halogens is 1. The lowest BCUT2D eigenvalue weighted by atomic mass is 9.73. The van der Waals surface area contributed by atoms with E-state index in [4.69, 9.17) is 0 Å². The fourth-order valence-electron chi connectivity index (χ4n) is 3.66. The van der Waals surface area contributed by atoms with Crippen LogP contribution in [-0.2, 0) is 17.6 Å². The number of benzene rings is 1. The lowest BCUT2D eigenvalue weighted by Gasteiger charge is -2.45. The second-order valence-corrected chi connectivity index (χ2v) is 7.36. The molecule has 0 aliphatic carbocycles. The molecular formula is C20H24FN3O4. The highest BCUT2D eigenvalue weighted by Gasteiger charge is 2.43. The zero-order chi connectivity index (χ0) is 20.1. The third-order valence-corrected chi connectivity index (χ3v) is 5.35. The van der Waals surface area contributed by atoms with Crippen LogP contribution in [0.4, 0.5) is 4.39 Å². The number of carbonyl (C=O) groups excluding carboxylic acids is 1. The number of likely N-dealkylation sites (tertiary alicyclic amines) is 1. The molecule has 8 heteroatoms. The van der Waals surface area contributed by atoms with E-state index in [2.05, 4.69) is 10.2 Å². The van der Waals surface area contributed by atoms with Crippen LogP contribution in [0, 0.1) is 11.2 Å². The van der Waals surface area contributed by atoms with Gasteiger partial charge in [0.2, 0.25) is 5.91 Å². The molecule has 1 aromatic heterocycles. The van der Waals surface area contributed by atoms with Crippen LogP contribution >= 0.6 is 0 Å². The van der Waals surface area contributed by atoms with Crippen LogP contribution in [0.5, 0.6) is 0 Å². The number of nitrogens with one attached hydrogen (secondary N) is 1. The summed E-state index contributed by atoms with van der Waals surface area (Å²) in [6.07, 6.45) is 0.555. The Morgan fingerprint density at radius 2 is 2.04 bits per heavy atom. The van der Waals surface area contributed by atoms with Crippen molar-refractivity contribution in [3.63, 3.8) is 0 Å². The minimum Gasteiger partial charge on any atom is -0.396 e. The average molecular weight is 389 g/mol. The first kappa shape index (κ1) is 20.2. The van der Waals surface area contributed by atoms with Gasteiger partial charge in [0.1, 0.15) is 5.82 Å². The molecule has 1 aliphatic heterocycles. The van der Waals surface area contributed by atoms with Crippen LogP contribution in [0.15, 0.2) is 41.2 Å². The Kier molecular flexibility index (Phi) is 6.21. The van der Waals surface area contributed by atoms with Gasteiger partial charge in [-0.2, -0.15) is 5.10 Å². The van der Waals surface area contributed by atoms with Crippen LogP contribution in [0.2, 0.25) is 0 Å². The predicted octanol–water partition coefficient (Wildman–Crippen LogP) is 0.656. The number of hydrogen-bond acceptors (Lipinski definition) is 5. The molecule has 1 aliphatic rings. The van der Waals surface area contributed by atoms with Crippen molar-refractivity contribution in [2.24, 2.45) is 5.41 Å². The van der Waals surface area contributed by atoms with E-state index in [9.17, 15) is 24.2 Å². The zero-order valence-corrected chi connectivity index (χ0v) is 15.5. The minimum absolute atomic E-state index is 0.100. The Balaban J connectivity index is 1.67. The van der Waals surface area contributed by atoms with Crippen molar-refractivity contribution in [3.8, 4) is 0 Å². The van der Waals surface area contributed by atoms with Crippen LogP contribution < -0.4 is 5.56 Å². The number of piperidine rings is 1. The van der Waals surface area contributed by atoms with Crippen LogP contribution in [0.1, 0.15) is 24.1 Å². The number of hydrogen-bond donors (Lipinski definition) is 3. The predicted molar refractivity (Wildman–Crippen MR) is 100 cm³/mol. The summed E-state index contributed by atoms with van der Waals surface area (Å²) in [6.45, 7) is 0.348. The second-order valence-electron chi connectivity index (χ2n) is 7.36. The number of nitrogens with zero attached hydrogens (tertiary/aromatic N) is 2. The molecule has 2 atom stereocenters. The van der Waals surface area contributed by atoms with Gasteiger partial charge >= 0.3 is 0 Å². The van der Waals surface area contributed by atoms with Gasteiger partial charge in [-0.05, 0) is 36.6 Å². The molecule has 1 saturated heterocycles. The molecule has 0 radical (unpaired) electrons. The Bertz CT molecular complexity index is 850. The number of aromatic nitrogens is 2. The number of rotatable bonds is 6. The molecule has 1 fully saturated rings. The van der Waals surface area contributed by atoms with Crippen molar-refractivity contribution in [1.82, 2.24) is 15.1 Å². The average Bonchev–Trinajstić information content (AvgIpc) is 2.70. The molecule has 0 saturated carbocycles. The highest BCUT2D eigenvalue weighted by atomic mass is 19.1. The Labute approximate surface area is 161 Å². The number of aliphatic hydroxyl groups excluding tert-OH is 2. The third-order valence-electron chi connectivity index (χ3n) is 5.35. The van der Waals surface area contributed by atoms with Gasteiger partial charge in [-0.15, -0.1) is 0 Å². The van der Waals surface area contributed by atoms with Gasteiger partial charge in [0.05, 0.1) is 18.4 Å². The lowest BCUT2D eigenvalue weighted by molar-refractivity contribution is -0.141. The van der Waals surface area contributed by atoms with E-state index in [1.165, 1.54) is 18.2 Å².